The van der Waals surface area contributed by atoms with Crippen LogP contribution in [0.5, 0.6) is 5.75 Å². The second-order valence-electron chi connectivity index (χ2n) is 6.39. The van der Waals surface area contributed by atoms with Crippen molar-refractivity contribution in [2.45, 2.75) is 19.4 Å². The van der Waals surface area contributed by atoms with Crippen molar-refractivity contribution < 1.29 is 24.2 Å². The molecule has 1 spiro atoms. The normalized spacial score (nSPS) is 16.7. The molecule has 0 radical (unpaired) electrons. The number of carboxylic acids is 1. The van der Waals surface area contributed by atoms with E-state index >= 15 is 0 Å². The van der Waals surface area contributed by atoms with Crippen molar-refractivity contribution in [3.05, 3.63) is 29.3 Å². The van der Waals surface area contributed by atoms with Crippen molar-refractivity contribution in [2.75, 3.05) is 32.8 Å². The van der Waals surface area contributed by atoms with Crippen molar-refractivity contribution in [1.82, 2.24) is 15.5 Å². The minimum Gasteiger partial charge on any atom is -0.492 e. The number of likely N-dealkylation sites (tertiary alicyclic amines) is 1. The molecule has 5 N–H and O–H groups in total. The summed E-state index contributed by atoms with van der Waals surface area (Å²) in [7, 11) is 0. The molecule has 3 rings (SSSR count). The number of benzene rings is 1. The Morgan fingerprint density at radius 2 is 2.04 bits per heavy atom. The maximum Gasteiger partial charge on any atom is 0.315 e. The van der Waals surface area contributed by atoms with Gasteiger partial charge in [0.25, 0.3) is 11.9 Å². The highest BCUT2D eigenvalue weighted by molar-refractivity contribution is 5.96. The lowest BCUT2D eigenvalue weighted by atomic mass is 9.90. The molecule has 9 nitrogen and oxygen atoms in total. The van der Waals surface area contributed by atoms with Gasteiger partial charge in [-0.25, -0.2) is 4.79 Å². The maximum atomic E-state index is 12.5. The Bertz CT molecular complexity index is 696. The van der Waals surface area contributed by atoms with Crippen molar-refractivity contribution in [1.29, 1.82) is 0 Å². The number of carbonyl (C=O) groups excluding carboxylic acids is 2. The van der Waals surface area contributed by atoms with Gasteiger partial charge in [0.05, 0.1) is 5.54 Å². The van der Waals surface area contributed by atoms with Crippen LogP contribution < -0.4 is 21.1 Å². The first kappa shape index (κ1) is 19.5. The fourth-order valence-corrected chi connectivity index (χ4v) is 2.84. The summed E-state index contributed by atoms with van der Waals surface area (Å²) in [5.74, 6) is -0.202. The number of ether oxygens (including phenoxy) is 1. The lowest BCUT2D eigenvalue weighted by Crippen LogP contribution is -2.70. The van der Waals surface area contributed by atoms with Crippen LogP contribution in [0.15, 0.2) is 18.2 Å². The average molecular weight is 364 g/mol. The zero-order valence-corrected chi connectivity index (χ0v) is 14.9. The maximum absolute atomic E-state index is 12.5. The van der Waals surface area contributed by atoms with E-state index in [2.05, 4.69) is 10.6 Å². The molecule has 0 aromatic heterocycles. The Hall–Kier alpha value is -2.81. The van der Waals surface area contributed by atoms with Gasteiger partial charge < -0.3 is 31.1 Å². The van der Waals surface area contributed by atoms with Crippen LogP contribution in [0.1, 0.15) is 22.8 Å². The quantitative estimate of drug-likeness (QED) is 0.591. The summed E-state index contributed by atoms with van der Waals surface area (Å²) >= 11 is 0. The number of carboxylic acid groups (broad SMARTS) is 1. The van der Waals surface area contributed by atoms with Gasteiger partial charge in [0, 0.05) is 38.7 Å². The number of aryl methyl sites for hydroxylation is 1. The summed E-state index contributed by atoms with van der Waals surface area (Å²) in [6, 6.07) is 5.25. The highest BCUT2D eigenvalue weighted by Gasteiger charge is 2.49. The zero-order chi connectivity index (χ0) is 19.3. The van der Waals surface area contributed by atoms with Crippen molar-refractivity contribution in [3.63, 3.8) is 0 Å². The van der Waals surface area contributed by atoms with Crippen LogP contribution in [-0.2, 0) is 4.79 Å². The SMILES string of the molecule is CC(=O)O.Cc1ccc(C(=O)N2CC3(CNC(=O)N3)C2)cc1OCCN. The zero-order valence-electron chi connectivity index (χ0n) is 14.9. The first-order valence-corrected chi connectivity index (χ1v) is 8.25. The first-order valence-electron chi connectivity index (χ1n) is 8.25. The van der Waals surface area contributed by atoms with Crippen LogP contribution in [0.4, 0.5) is 4.79 Å². The molecule has 26 heavy (non-hydrogen) atoms. The molecule has 0 atom stereocenters. The lowest BCUT2D eigenvalue weighted by Gasteiger charge is -2.46. The highest BCUT2D eigenvalue weighted by Crippen LogP contribution is 2.27. The topological polar surface area (TPSA) is 134 Å². The van der Waals surface area contributed by atoms with Crippen LogP contribution in [0, 0.1) is 6.92 Å². The van der Waals surface area contributed by atoms with Crippen LogP contribution in [0.2, 0.25) is 0 Å². The summed E-state index contributed by atoms with van der Waals surface area (Å²) < 4.78 is 5.55. The van der Waals surface area contributed by atoms with Crippen LogP contribution >= 0.6 is 0 Å². The van der Waals surface area contributed by atoms with Crippen molar-refractivity contribution >= 4 is 17.9 Å². The molecule has 2 heterocycles. The predicted molar refractivity (Wildman–Crippen MR) is 94.2 cm³/mol. The minimum absolute atomic E-state index is 0.0515. The monoisotopic (exact) mass is 364 g/mol. The number of urea groups is 1. The molecule has 2 saturated heterocycles. The fraction of sp³-hybridized carbons (Fsp3) is 0.471. The van der Waals surface area contributed by atoms with Crippen molar-refractivity contribution in [3.8, 4) is 5.75 Å². The molecule has 9 heteroatoms. The van der Waals surface area contributed by atoms with Gasteiger partial charge in [-0.1, -0.05) is 6.07 Å². The Balaban J connectivity index is 0.000000552. The third kappa shape index (κ3) is 4.63. The van der Waals surface area contributed by atoms with E-state index in [-0.39, 0.29) is 17.5 Å². The predicted octanol–water partition coefficient (Wildman–Crippen LogP) is -0.0692. The van der Waals surface area contributed by atoms with E-state index in [4.69, 9.17) is 20.4 Å². The summed E-state index contributed by atoms with van der Waals surface area (Å²) in [4.78, 5) is 34.5. The third-order valence-corrected chi connectivity index (χ3v) is 4.05. The van der Waals surface area contributed by atoms with E-state index in [9.17, 15) is 9.59 Å². The second-order valence-corrected chi connectivity index (χ2v) is 6.39. The minimum atomic E-state index is -0.833. The summed E-state index contributed by atoms with van der Waals surface area (Å²) in [5, 5.41) is 13.0. The molecule has 0 saturated carbocycles. The number of carbonyl (C=O) groups is 3. The molecule has 2 aliphatic heterocycles. The summed E-state index contributed by atoms with van der Waals surface area (Å²) in [6.07, 6.45) is 0. The fourth-order valence-electron chi connectivity index (χ4n) is 2.84. The molecular formula is C17H24N4O5. The Kier molecular flexibility index (Phi) is 6.04. The molecule has 1 aromatic carbocycles. The third-order valence-electron chi connectivity index (χ3n) is 4.05. The van der Waals surface area contributed by atoms with Gasteiger partial charge in [0.1, 0.15) is 12.4 Å². The lowest BCUT2D eigenvalue weighted by molar-refractivity contribution is -0.134. The number of nitrogens with two attached hydrogens (primary N) is 1. The van der Waals surface area contributed by atoms with Crippen LogP contribution in [0.25, 0.3) is 0 Å². The smallest absolute Gasteiger partial charge is 0.315 e. The molecule has 3 amide bonds. The van der Waals surface area contributed by atoms with Gasteiger partial charge in [-0.2, -0.15) is 0 Å². The Morgan fingerprint density at radius 1 is 1.38 bits per heavy atom. The molecule has 0 unspecified atom stereocenters. The summed E-state index contributed by atoms with van der Waals surface area (Å²) in [6.45, 7) is 5.48. The molecule has 0 aliphatic carbocycles. The Labute approximate surface area is 151 Å². The van der Waals surface area contributed by atoms with Gasteiger partial charge in [0.2, 0.25) is 0 Å². The Morgan fingerprint density at radius 3 is 2.58 bits per heavy atom. The molecule has 0 bridgehead atoms. The molecule has 2 fully saturated rings. The number of hydrogen-bond acceptors (Lipinski definition) is 5. The van der Waals surface area contributed by atoms with E-state index < -0.39 is 5.97 Å². The van der Waals surface area contributed by atoms with Gasteiger partial charge >= 0.3 is 6.03 Å². The van der Waals surface area contributed by atoms with Gasteiger partial charge in [-0.15, -0.1) is 0 Å². The number of hydrogen-bond donors (Lipinski definition) is 4. The highest BCUT2D eigenvalue weighted by atomic mass is 16.5. The van der Waals surface area contributed by atoms with Crippen LogP contribution in [-0.4, -0.2) is 66.2 Å². The largest absolute Gasteiger partial charge is 0.492 e. The van der Waals surface area contributed by atoms with Gasteiger partial charge in [-0.3, -0.25) is 9.59 Å². The van der Waals surface area contributed by atoms with E-state index in [0.717, 1.165) is 12.5 Å². The molecular weight excluding hydrogens is 340 g/mol. The number of rotatable bonds is 4. The first-order chi connectivity index (χ1) is 12.3. The van der Waals surface area contributed by atoms with Crippen molar-refractivity contribution in [2.24, 2.45) is 5.73 Å². The van der Waals surface area contributed by atoms with Crippen LogP contribution in [0.3, 0.4) is 0 Å². The average Bonchev–Trinajstić information content (AvgIpc) is 2.94. The van der Waals surface area contributed by atoms with Gasteiger partial charge in [-0.05, 0) is 24.6 Å². The standard InChI is InChI=1S/C15H20N4O3.C2H4O2/c1-10-2-3-11(6-12(10)22-5-4-16)13(20)19-8-15(9-19)7-17-14(21)18-15;1-2(3)4/h2-3,6H,4-5,7-9,16H2,1H3,(H2,17,18,21);1H3,(H,3,4). The molecule has 2 aliphatic rings. The number of nitrogens with zero attached hydrogens (tertiary/aromatic N) is 1. The molecule has 1 aromatic rings. The second kappa shape index (κ2) is 8.05. The van der Waals surface area contributed by atoms with E-state index in [1.165, 1.54) is 0 Å². The van der Waals surface area contributed by atoms with E-state index in [1.807, 2.05) is 13.0 Å². The van der Waals surface area contributed by atoms with E-state index in [0.29, 0.717) is 44.1 Å². The van der Waals surface area contributed by atoms with Gasteiger partial charge in [0.15, 0.2) is 0 Å². The summed E-state index contributed by atoms with van der Waals surface area (Å²) in [5.41, 5.74) is 6.70. The van der Waals surface area contributed by atoms with E-state index in [1.54, 1.807) is 17.0 Å². The molecule has 142 valence electrons. The number of nitrogens with one attached hydrogen (secondary N) is 2. The number of amides is 3. The number of aliphatic carboxylic acids is 1.